The molecule has 0 aliphatic heterocycles. The summed E-state index contributed by atoms with van der Waals surface area (Å²) in [6, 6.07) is 17.2. The highest BCUT2D eigenvalue weighted by Crippen LogP contribution is 2.24. The van der Waals surface area contributed by atoms with Crippen molar-refractivity contribution in [2.75, 3.05) is 0 Å². The molecule has 0 radical (unpaired) electrons. The molecule has 2 atom stereocenters. The van der Waals surface area contributed by atoms with Gasteiger partial charge in [-0.3, -0.25) is 0 Å². The van der Waals surface area contributed by atoms with E-state index >= 15 is 0 Å². The van der Waals surface area contributed by atoms with Gasteiger partial charge in [-0.2, -0.15) is 0 Å². The van der Waals surface area contributed by atoms with Crippen LogP contribution in [0, 0.1) is 0 Å². The molecular weight excluding hydrogens is 327 g/mol. The van der Waals surface area contributed by atoms with E-state index in [1.54, 1.807) is 60.7 Å². The summed E-state index contributed by atoms with van der Waals surface area (Å²) in [5.41, 5.74) is -1.05. The first-order valence-electron chi connectivity index (χ1n) is 6.37. The molecule has 0 N–H and O–H groups in total. The fourth-order valence-corrected chi connectivity index (χ4v) is 2.08. The third kappa shape index (κ3) is 4.48. The van der Waals surface area contributed by atoms with E-state index in [9.17, 15) is 9.59 Å². The fraction of sp³-hybridized carbons (Fsp3) is 0.125. The Hall–Kier alpha value is -2.04. The first-order valence-corrected chi connectivity index (χ1v) is 7.25. The van der Waals surface area contributed by atoms with Crippen LogP contribution in [0.3, 0.4) is 0 Å². The number of rotatable bonds is 4. The molecule has 0 fully saturated rings. The number of carbonyl (C=O) groups excluding carboxylic acids is 2. The van der Waals surface area contributed by atoms with Crippen molar-refractivity contribution in [3.05, 3.63) is 71.8 Å². The van der Waals surface area contributed by atoms with Crippen LogP contribution in [0.4, 0.5) is 0 Å². The lowest BCUT2D eigenvalue weighted by Crippen LogP contribution is -2.22. The van der Waals surface area contributed by atoms with Crippen LogP contribution in [0.2, 0.25) is 0 Å². The first-order chi connectivity index (χ1) is 10.6. The minimum Gasteiger partial charge on any atom is -0.433 e. The molecule has 2 unspecified atom stereocenters. The topological polar surface area (TPSA) is 52.6 Å². The number of carbonyl (C=O) groups is 2. The molecule has 0 aromatic heterocycles. The summed E-state index contributed by atoms with van der Waals surface area (Å²) < 4.78 is 9.66. The van der Waals surface area contributed by atoms with Crippen LogP contribution < -0.4 is 0 Å². The number of benzene rings is 2. The lowest BCUT2D eigenvalue weighted by Gasteiger charge is -2.13. The molecule has 2 aromatic carbocycles. The lowest BCUT2D eigenvalue weighted by atomic mass is 10.2. The van der Waals surface area contributed by atoms with Gasteiger partial charge in [0.1, 0.15) is 0 Å². The molecule has 0 saturated carbocycles. The van der Waals surface area contributed by atoms with Gasteiger partial charge in [0, 0.05) is 11.1 Å². The van der Waals surface area contributed by atoms with E-state index in [2.05, 4.69) is 0 Å². The minimum absolute atomic E-state index is 0.552. The summed E-state index contributed by atoms with van der Waals surface area (Å²) in [7, 11) is 0. The maximum atomic E-state index is 11.7. The molecule has 0 bridgehead atoms. The highest BCUT2D eigenvalue weighted by atomic mass is 35.5. The summed E-state index contributed by atoms with van der Waals surface area (Å²) in [5.74, 6) is -2.41. The van der Waals surface area contributed by atoms with E-state index in [1.165, 1.54) is 0 Å². The predicted octanol–water partition coefficient (Wildman–Crippen LogP) is 3.95. The minimum atomic E-state index is -1.20. The molecule has 0 spiro atoms. The molecule has 0 amide bonds. The Balaban J connectivity index is 1.91. The molecule has 4 nitrogen and oxygen atoms in total. The molecule has 0 aliphatic carbocycles. The van der Waals surface area contributed by atoms with Gasteiger partial charge in [-0.15, -0.1) is 0 Å². The maximum absolute atomic E-state index is 11.7. The number of alkyl halides is 2. The van der Waals surface area contributed by atoms with Crippen molar-refractivity contribution in [2.45, 2.75) is 11.1 Å². The predicted molar refractivity (Wildman–Crippen MR) is 82.3 cm³/mol. The van der Waals surface area contributed by atoms with E-state index in [1.807, 2.05) is 0 Å². The van der Waals surface area contributed by atoms with E-state index in [0.717, 1.165) is 0 Å². The third-order valence-electron chi connectivity index (χ3n) is 2.71. The van der Waals surface area contributed by atoms with Gasteiger partial charge in [-0.05, 0) is 0 Å². The Morgan fingerprint density at radius 1 is 0.682 bits per heavy atom. The summed E-state index contributed by atoms with van der Waals surface area (Å²) in [5, 5.41) is 0. The summed E-state index contributed by atoms with van der Waals surface area (Å²) in [6.45, 7) is 0. The van der Waals surface area contributed by atoms with Gasteiger partial charge in [0.15, 0.2) is 0 Å². The van der Waals surface area contributed by atoms with Gasteiger partial charge in [-0.25, -0.2) is 9.59 Å². The van der Waals surface area contributed by atoms with E-state index in [-0.39, 0.29) is 0 Å². The number of hydrogen-bond donors (Lipinski definition) is 0. The number of esters is 2. The fourth-order valence-electron chi connectivity index (χ4n) is 1.63. The zero-order chi connectivity index (χ0) is 15.9. The second-order valence-electron chi connectivity index (χ2n) is 4.26. The van der Waals surface area contributed by atoms with Gasteiger partial charge >= 0.3 is 11.9 Å². The Morgan fingerprint density at radius 2 is 1.00 bits per heavy atom. The summed E-state index contributed by atoms with van der Waals surface area (Å²) in [6.07, 6.45) is 0. The summed E-state index contributed by atoms with van der Waals surface area (Å²) in [4.78, 5) is 23.3. The first kappa shape index (κ1) is 16.3. The van der Waals surface area contributed by atoms with Crippen LogP contribution >= 0.6 is 23.2 Å². The lowest BCUT2D eigenvalue weighted by molar-refractivity contribution is -0.170. The van der Waals surface area contributed by atoms with Crippen molar-refractivity contribution < 1.29 is 19.1 Å². The largest absolute Gasteiger partial charge is 0.433 e. The van der Waals surface area contributed by atoms with Crippen LogP contribution in [0.15, 0.2) is 60.7 Å². The van der Waals surface area contributed by atoms with Crippen LogP contribution in [-0.2, 0) is 19.1 Å². The zero-order valence-electron chi connectivity index (χ0n) is 11.3. The molecule has 6 heteroatoms. The summed E-state index contributed by atoms with van der Waals surface area (Å²) >= 11 is 11.8. The molecule has 2 aromatic rings. The Kier molecular flexibility index (Phi) is 5.81. The number of hydrogen-bond acceptors (Lipinski definition) is 4. The van der Waals surface area contributed by atoms with Crippen LogP contribution in [-0.4, -0.2) is 11.9 Å². The monoisotopic (exact) mass is 338 g/mol. The van der Waals surface area contributed by atoms with Crippen molar-refractivity contribution in [1.82, 2.24) is 0 Å². The van der Waals surface area contributed by atoms with Crippen LogP contribution in [0.1, 0.15) is 22.3 Å². The second kappa shape index (κ2) is 7.82. The molecule has 114 valence electrons. The molecule has 0 aliphatic rings. The highest BCUT2D eigenvalue weighted by molar-refractivity contribution is 6.32. The van der Waals surface area contributed by atoms with Crippen molar-refractivity contribution in [2.24, 2.45) is 0 Å². The van der Waals surface area contributed by atoms with Crippen molar-refractivity contribution in [3.63, 3.8) is 0 Å². The van der Waals surface area contributed by atoms with Crippen molar-refractivity contribution in [1.29, 1.82) is 0 Å². The quantitative estimate of drug-likeness (QED) is 0.481. The van der Waals surface area contributed by atoms with Gasteiger partial charge in [0.2, 0.25) is 11.1 Å². The van der Waals surface area contributed by atoms with Crippen LogP contribution in [0.5, 0.6) is 0 Å². The van der Waals surface area contributed by atoms with E-state index < -0.39 is 23.1 Å². The van der Waals surface area contributed by atoms with Gasteiger partial charge in [0.05, 0.1) is 0 Å². The smallest absolute Gasteiger partial charge is 0.419 e. The average molecular weight is 339 g/mol. The molecule has 0 saturated heterocycles. The normalized spacial score (nSPS) is 13.0. The molecular formula is C16H12Cl2O4. The third-order valence-corrected chi connectivity index (χ3v) is 3.39. The second-order valence-corrected chi connectivity index (χ2v) is 5.06. The van der Waals surface area contributed by atoms with Crippen LogP contribution in [0.25, 0.3) is 0 Å². The molecule has 2 rings (SSSR count). The van der Waals surface area contributed by atoms with Gasteiger partial charge < -0.3 is 9.47 Å². The maximum Gasteiger partial charge on any atom is 0.419 e. The highest BCUT2D eigenvalue weighted by Gasteiger charge is 2.25. The number of ether oxygens (including phenoxy) is 2. The Morgan fingerprint density at radius 3 is 1.32 bits per heavy atom. The molecule has 0 heterocycles. The Bertz CT molecular complexity index is 574. The van der Waals surface area contributed by atoms with E-state index in [0.29, 0.717) is 11.1 Å². The van der Waals surface area contributed by atoms with Crippen molar-refractivity contribution in [3.8, 4) is 0 Å². The van der Waals surface area contributed by atoms with E-state index in [4.69, 9.17) is 32.7 Å². The average Bonchev–Trinajstić information content (AvgIpc) is 2.56. The van der Waals surface area contributed by atoms with Gasteiger partial charge in [0.25, 0.3) is 0 Å². The number of halogens is 2. The van der Waals surface area contributed by atoms with Crippen molar-refractivity contribution >= 4 is 35.1 Å². The zero-order valence-corrected chi connectivity index (χ0v) is 12.8. The molecule has 22 heavy (non-hydrogen) atoms. The Labute approximate surface area is 137 Å². The SMILES string of the molecule is O=C(OC(Cl)c1ccccc1)C(=O)OC(Cl)c1ccccc1. The standard InChI is InChI=1S/C16H12Cl2O4/c17-13(11-7-3-1-4-8-11)21-15(19)16(20)22-14(18)12-9-5-2-6-10-12/h1-10,13-14H. The van der Waals surface area contributed by atoms with Gasteiger partial charge in [-0.1, -0.05) is 83.9 Å².